The molecule has 18 heavy (non-hydrogen) atoms. The summed E-state index contributed by atoms with van der Waals surface area (Å²) >= 11 is 5.69. The Kier molecular flexibility index (Phi) is 3.74. The predicted octanol–water partition coefficient (Wildman–Crippen LogP) is 2.54. The van der Waals surface area contributed by atoms with Crippen LogP contribution in [0.2, 0.25) is 5.02 Å². The number of halogens is 1. The van der Waals surface area contributed by atoms with E-state index >= 15 is 0 Å². The minimum Gasteiger partial charge on any atom is -0.255 e. The van der Waals surface area contributed by atoms with E-state index in [1.807, 2.05) is 0 Å². The van der Waals surface area contributed by atoms with Crippen molar-refractivity contribution in [2.24, 2.45) is 4.40 Å². The first-order valence-electron chi connectivity index (χ1n) is 5.05. The molecule has 0 spiro atoms. The molecule has 4 nitrogen and oxygen atoms in total. The molecule has 0 saturated heterocycles. The molecule has 0 aliphatic carbocycles. The number of sulfonamides is 1. The lowest BCUT2D eigenvalue weighted by Gasteiger charge is -1.98. The molecule has 0 N–H and O–H groups in total. The van der Waals surface area contributed by atoms with E-state index in [2.05, 4.69) is 9.38 Å². The third kappa shape index (κ3) is 3.15. The average molecular weight is 281 g/mol. The lowest BCUT2D eigenvalue weighted by molar-refractivity contribution is 0.598. The first kappa shape index (κ1) is 12.7. The van der Waals surface area contributed by atoms with Crippen molar-refractivity contribution >= 4 is 27.8 Å². The number of hydrogen-bond donors (Lipinski definition) is 0. The minimum atomic E-state index is -3.70. The summed E-state index contributed by atoms with van der Waals surface area (Å²) in [6.07, 6.45) is 2.78. The highest BCUT2D eigenvalue weighted by atomic mass is 35.5. The largest absolute Gasteiger partial charge is 0.282 e. The second-order valence-corrected chi connectivity index (χ2v) is 5.49. The van der Waals surface area contributed by atoms with Gasteiger partial charge in [-0.15, -0.1) is 0 Å². The molecule has 0 atom stereocenters. The molecule has 0 radical (unpaired) electrons. The van der Waals surface area contributed by atoms with E-state index in [0.29, 0.717) is 10.7 Å². The van der Waals surface area contributed by atoms with Gasteiger partial charge in [-0.25, -0.2) is 0 Å². The molecule has 1 aromatic heterocycles. The zero-order valence-corrected chi connectivity index (χ0v) is 10.8. The highest BCUT2D eigenvalue weighted by molar-refractivity contribution is 7.90. The normalized spacial score (nSPS) is 11.8. The van der Waals surface area contributed by atoms with Gasteiger partial charge < -0.3 is 0 Å². The van der Waals surface area contributed by atoms with Crippen molar-refractivity contribution < 1.29 is 8.42 Å². The topological polar surface area (TPSA) is 59.4 Å². The van der Waals surface area contributed by atoms with Gasteiger partial charge in [-0.2, -0.15) is 12.8 Å². The molecule has 2 aromatic rings. The van der Waals surface area contributed by atoms with E-state index < -0.39 is 10.0 Å². The molecule has 0 amide bonds. The van der Waals surface area contributed by atoms with Crippen LogP contribution in [0.3, 0.4) is 0 Å². The first-order valence-corrected chi connectivity index (χ1v) is 6.87. The van der Waals surface area contributed by atoms with Crippen LogP contribution < -0.4 is 0 Å². The van der Waals surface area contributed by atoms with E-state index in [1.54, 1.807) is 24.4 Å². The van der Waals surface area contributed by atoms with Crippen LogP contribution >= 0.6 is 11.6 Å². The molecule has 1 heterocycles. The van der Waals surface area contributed by atoms with Gasteiger partial charge in [-0.3, -0.25) is 4.98 Å². The van der Waals surface area contributed by atoms with Crippen molar-refractivity contribution in [2.45, 2.75) is 4.90 Å². The Morgan fingerprint density at radius 2 is 1.83 bits per heavy atom. The minimum absolute atomic E-state index is 0.0964. The molecule has 92 valence electrons. The van der Waals surface area contributed by atoms with Gasteiger partial charge in [0.1, 0.15) is 0 Å². The fourth-order valence-electron chi connectivity index (χ4n) is 1.24. The maximum Gasteiger partial charge on any atom is 0.282 e. The summed E-state index contributed by atoms with van der Waals surface area (Å²) in [5.41, 5.74) is 0.482. The van der Waals surface area contributed by atoms with Gasteiger partial charge in [-0.05, 0) is 36.4 Å². The molecule has 1 aromatic carbocycles. The Bertz CT molecular complexity index is 652. The smallest absolute Gasteiger partial charge is 0.255 e. The predicted molar refractivity (Wildman–Crippen MR) is 70.5 cm³/mol. The van der Waals surface area contributed by atoms with E-state index in [9.17, 15) is 8.42 Å². The molecule has 0 saturated carbocycles. The number of aromatic nitrogens is 1. The van der Waals surface area contributed by atoms with E-state index in [-0.39, 0.29) is 4.90 Å². The number of benzene rings is 1. The third-order valence-electron chi connectivity index (χ3n) is 2.12. The number of hydrogen-bond acceptors (Lipinski definition) is 3. The van der Waals surface area contributed by atoms with Crippen molar-refractivity contribution in [3.8, 4) is 0 Å². The molecule has 2 rings (SSSR count). The van der Waals surface area contributed by atoms with Crippen LogP contribution in [0.4, 0.5) is 0 Å². The van der Waals surface area contributed by atoms with Gasteiger partial charge in [-0.1, -0.05) is 17.7 Å². The Hall–Kier alpha value is -1.72. The average Bonchev–Trinajstić information content (AvgIpc) is 2.38. The Morgan fingerprint density at radius 3 is 2.44 bits per heavy atom. The summed E-state index contributed by atoms with van der Waals surface area (Å²) in [4.78, 5) is 4.05. The Balaban J connectivity index is 2.28. The van der Waals surface area contributed by atoms with Crippen molar-refractivity contribution in [1.82, 2.24) is 4.98 Å². The second-order valence-electron chi connectivity index (χ2n) is 3.42. The van der Waals surface area contributed by atoms with Gasteiger partial charge in [0, 0.05) is 11.2 Å². The zero-order valence-electron chi connectivity index (χ0n) is 9.19. The Labute approximate surface area is 110 Å². The lowest BCUT2D eigenvalue weighted by atomic mass is 10.4. The van der Waals surface area contributed by atoms with Crippen molar-refractivity contribution in [3.05, 3.63) is 59.4 Å². The van der Waals surface area contributed by atoms with Gasteiger partial charge in [0.15, 0.2) is 0 Å². The van der Waals surface area contributed by atoms with Crippen LogP contribution in [0.1, 0.15) is 5.69 Å². The summed E-state index contributed by atoms with van der Waals surface area (Å²) in [6, 6.07) is 11.0. The number of pyridine rings is 1. The fourth-order valence-corrected chi connectivity index (χ4v) is 2.22. The van der Waals surface area contributed by atoms with Gasteiger partial charge >= 0.3 is 0 Å². The first-order chi connectivity index (χ1) is 8.58. The van der Waals surface area contributed by atoms with Gasteiger partial charge in [0.25, 0.3) is 10.0 Å². The summed E-state index contributed by atoms with van der Waals surface area (Å²) in [5.74, 6) is 0. The molecular formula is C12H9ClN2O2S. The van der Waals surface area contributed by atoms with Gasteiger partial charge in [0.05, 0.1) is 16.8 Å². The summed E-state index contributed by atoms with van der Waals surface area (Å²) in [7, 11) is -3.70. The van der Waals surface area contributed by atoms with Crippen LogP contribution in [0.5, 0.6) is 0 Å². The quantitative estimate of drug-likeness (QED) is 0.812. The fraction of sp³-hybridized carbons (Fsp3) is 0. The van der Waals surface area contributed by atoms with E-state index in [4.69, 9.17) is 11.6 Å². The maximum absolute atomic E-state index is 11.8. The standard InChI is InChI=1S/C12H9ClN2O2S/c13-10-4-6-12(7-5-10)18(16,17)15-9-11-3-1-2-8-14-11/h1-9H/b15-9+. The Morgan fingerprint density at radius 1 is 1.11 bits per heavy atom. The van der Waals surface area contributed by atoms with Crippen LogP contribution in [0, 0.1) is 0 Å². The molecule has 0 unspecified atom stereocenters. The summed E-state index contributed by atoms with van der Waals surface area (Å²) < 4.78 is 27.3. The highest BCUT2D eigenvalue weighted by Crippen LogP contribution is 2.15. The monoisotopic (exact) mass is 280 g/mol. The van der Waals surface area contributed by atoms with Crippen molar-refractivity contribution in [2.75, 3.05) is 0 Å². The molecule has 0 aliphatic rings. The van der Waals surface area contributed by atoms with Crippen LogP contribution in [-0.4, -0.2) is 19.6 Å². The molecular weight excluding hydrogens is 272 g/mol. The number of rotatable bonds is 3. The van der Waals surface area contributed by atoms with E-state index in [0.717, 1.165) is 0 Å². The third-order valence-corrected chi connectivity index (χ3v) is 3.63. The van der Waals surface area contributed by atoms with Crippen molar-refractivity contribution in [1.29, 1.82) is 0 Å². The molecule has 0 fully saturated rings. The van der Waals surface area contributed by atoms with Crippen LogP contribution in [0.15, 0.2) is 58.0 Å². The molecule has 6 heteroatoms. The number of nitrogens with zero attached hydrogens (tertiary/aromatic N) is 2. The van der Waals surface area contributed by atoms with Crippen molar-refractivity contribution in [3.63, 3.8) is 0 Å². The summed E-state index contributed by atoms with van der Waals surface area (Å²) in [5, 5.41) is 0.475. The van der Waals surface area contributed by atoms with E-state index in [1.165, 1.54) is 30.5 Å². The SMILES string of the molecule is O=S(=O)(/N=C/c1ccccn1)c1ccc(Cl)cc1. The zero-order chi connectivity index (χ0) is 13.0. The maximum atomic E-state index is 11.8. The lowest BCUT2D eigenvalue weighted by Crippen LogP contribution is -1.98. The molecule has 0 bridgehead atoms. The summed E-state index contributed by atoms with van der Waals surface area (Å²) in [6.45, 7) is 0. The van der Waals surface area contributed by atoms with Crippen LogP contribution in [0.25, 0.3) is 0 Å². The molecule has 0 aliphatic heterocycles. The van der Waals surface area contributed by atoms with Crippen LogP contribution in [-0.2, 0) is 10.0 Å². The second kappa shape index (κ2) is 5.29. The van der Waals surface area contributed by atoms with Gasteiger partial charge in [0.2, 0.25) is 0 Å². The highest BCUT2D eigenvalue weighted by Gasteiger charge is 2.10.